The van der Waals surface area contributed by atoms with Gasteiger partial charge in [0.05, 0.1) is 149 Å². The third-order valence-electron chi connectivity index (χ3n) is 18.3. The first-order valence-corrected chi connectivity index (χ1v) is 39.9. The zero-order valence-electron chi connectivity index (χ0n) is 67.9. The van der Waals surface area contributed by atoms with Crippen LogP contribution in [0.5, 0.6) is 0 Å². The number of anilines is 4. The lowest BCUT2D eigenvalue weighted by Gasteiger charge is -2.18. The summed E-state index contributed by atoms with van der Waals surface area (Å²) in [5, 5.41) is 13.7. The van der Waals surface area contributed by atoms with Crippen LogP contribution in [0.4, 0.5) is 23.7 Å². The predicted molar refractivity (Wildman–Crippen MR) is 439 cm³/mol. The molecule has 8 aromatic rings. The molecule has 6 aromatic heterocycles. The van der Waals surface area contributed by atoms with Crippen molar-refractivity contribution in [2.45, 2.75) is 129 Å². The molecule has 0 aliphatic heterocycles. The van der Waals surface area contributed by atoms with Crippen LogP contribution in [0.3, 0.4) is 0 Å². The summed E-state index contributed by atoms with van der Waals surface area (Å²) in [6.45, 7) is 10.9. The third-order valence-corrected chi connectivity index (χ3v) is 18.3. The summed E-state index contributed by atoms with van der Waals surface area (Å²) in [4.78, 5) is 104. The number of carbonyl (C=O) groups excluding carboxylic acids is 6. The van der Waals surface area contributed by atoms with E-state index in [1.807, 2.05) is 33.6 Å². The molecule has 0 aliphatic rings. The highest BCUT2D eigenvalue weighted by Gasteiger charge is 2.22. The maximum Gasteiger partial charge on any atom is 0.292 e. The van der Waals surface area contributed by atoms with Crippen molar-refractivity contribution >= 4 is 103 Å². The molecule has 0 spiro atoms. The maximum absolute atomic E-state index is 12.7. The molecule has 638 valence electrons. The zero-order chi connectivity index (χ0) is 83.6. The largest absolute Gasteiger partial charge is 0.424 e. The molecule has 6 heterocycles. The molecular weight excluding hydrogens is 1510 g/mol. The number of terminal acetylenes is 2. The highest BCUT2D eigenvalue weighted by molar-refractivity contribution is 6.01. The van der Waals surface area contributed by atoms with Gasteiger partial charge >= 0.3 is 0 Å². The number of amides is 4. The summed E-state index contributed by atoms with van der Waals surface area (Å²) in [6.07, 6.45) is 23.4. The van der Waals surface area contributed by atoms with Crippen LogP contribution in [0.25, 0.3) is 66.8 Å². The Morgan fingerprint density at radius 1 is 0.419 bits per heavy atom. The number of fused-ring (bicyclic) bond motifs is 4. The topological polar surface area (TPSA) is 460 Å². The Kier molecular flexibility index (Phi) is 43.7. The van der Waals surface area contributed by atoms with Gasteiger partial charge in [-0.3, -0.25) is 28.8 Å². The van der Waals surface area contributed by atoms with Crippen LogP contribution in [0.1, 0.15) is 116 Å². The van der Waals surface area contributed by atoms with E-state index >= 15 is 0 Å². The second kappa shape index (κ2) is 54.5. The number of unbranched alkanes of at least 4 members (excludes halogenated alkanes) is 5. The molecule has 4 amide bonds. The molecular formula is C81H116N18O18. The highest BCUT2D eigenvalue weighted by atomic mass is 16.6. The van der Waals surface area contributed by atoms with E-state index in [0.29, 0.717) is 303 Å². The first-order chi connectivity index (χ1) is 56.9. The van der Waals surface area contributed by atoms with Crippen molar-refractivity contribution in [2.24, 2.45) is 0 Å². The Labute approximate surface area is 682 Å². The van der Waals surface area contributed by atoms with Crippen molar-refractivity contribution < 1.29 is 85.0 Å². The van der Waals surface area contributed by atoms with E-state index < -0.39 is 0 Å². The minimum Gasteiger partial charge on any atom is -0.424 e. The number of carbonyl (C=O) groups is 6. The van der Waals surface area contributed by atoms with Gasteiger partial charge in [-0.25, -0.2) is 29.3 Å². The Morgan fingerprint density at radius 2 is 0.812 bits per heavy atom. The number of nitrogens with two attached hydrogens (primary N) is 4. The molecule has 0 radical (unpaired) electrons. The average molecular weight is 1630 g/mol. The smallest absolute Gasteiger partial charge is 0.292 e. The summed E-state index contributed by atoms with van der Waals surface area (Å²) in [5.74, 6) is 5.99. The molecule has 8 rings (SSSR count). The second-order valence-corrected chi connectivity index (χ2v) is 27.3. The highest BCUT2D eigenvalue weighted by Crippen LogP contribution is 2.34. The first-order valence-electron chi connectivity index (χ1n) is 39.9. The van der Waals surface area contributed by atoms with Crippen molar-refractivity contribution in [3.8, 4) is 47.2 Å². The lowest BCUT2D eigenvalue weighted by Crippen LogP contribution is -2.31. The Balaban J connectivity index is 0.000000324. The van der Waals surface area contributed by atoms with Gasteiger partial charge in [0, 0.05) is 130 Å². The number of aryl methyl sites for hydroxylation is 2. The van der Waals surface area contributed by atoms with Crippen LogP contribution in [0.2, 0.25) is 0 Å². The Morgan fingerprint density at radius 3 is 1.28 bits per heavy atom. The predicted octanol–water partition coefficient (Wildman–Crippen LogP) is 6.68. The minimum absolute atomic E-state index is 0.00684. The first kappa shape index (κ1) is 93.8. The van der Waals surface area contributed by atoms with E-state index in [0.717, 1.165) is 43.2 Å². The fourth-order valence-corrected chi connectivity index (χ4v) is 11.8. The average Bonchev–Trinajstić information content (AvgIpc) is 1.62. The maximum atomic E-state index is 12.7. The minimum atomic E-state index is -0.0423. The molecule has 2 aromatic carbocycles. The number of benzene rings is 2. The number of ether oxygens (including phenoxy) is 10. The fourth-order valence-electron chi connectivity index (χ4n) is 11.8. The van der Waals surface area contributed by atoms with Crippen LogP contribution in [-0.4, -0.2) is 279 Å². The van der Waals surface area contributed by atoms with Gasteiger partial charge in [0.1, 0.15) is 58.3 Å². The number of Topliss-reactive ketones (excluding diaryl/α,β-unsaturated/α-hetero) is 2. The lowest BCUT2D eigenvalue weighted by molar-refractivity contribution is -0.132. The van der Waals surface area contributed by atoms with E-state index in [2.05, 4.69) is 47.1 Å². The van der Waals surface area contributed by atoms with Gasteiger partial charge in [0.15, 0.2) is 22.5 Å². The molecule has 0 saturated heterocycles. The SMILES string of the molecule is C#CCCCC(=O)N(C)CCOCCOCCOCCC(=O)N(C)CCOCCOCCC(=O)N(C)CCCCn1nc(-c2ccc3oc(N)nc3c2)c2c(N)ncnc21.C#CCCCC(=O)NCCOCCOCCOCCC(=O)CCCOCCOCCC(=O)CCCCCn1nc(-c2ccc3oc(N)nc3c2)c2c(N)ncnc21. The van der Waals surface area contributed by atoms with Crippen LogP contribution >= 0.6 is 0 Å². The number of rotatable bonds is 62. The zero-order valence-corrected chi connectivity index (χ0v) is 67.9. The van der Waals surface area contributed by atoms with Gasteiger partial charge in [-0.05, 0) is 81.3 Å². The van der Waals surface area contributed by atoms with E-state index in [4.69, 9.17) is 102 Å². The fraction of sp³-hybridized carbons (Fsp3) is 0.580. The molecule has 0 fully saturated rings. The van der Waals surface area contributed by atoms with Crippen LogP contribution in [0.15, 0.2) is 57.9 Å². The van der Waals surface area contributed by atoms with Crippen molar-refractivity contribution in [3.05, 3.63) is 49.1 Å². The molecule has 0 atom stereocenters. The Bertz CT molecular complexity index is 4400. The monoisotopic (exact) mass is 1630 g/mol. The second-order valence-electron chi connectivity index (χ2n) is 27.3. The van der Waals surface area contributed by atoms with Crippen molar-refractivity contribution in [1.29, 1.82) is 0 Å². The quantitative estimate of drug-likeness (QED) is 0.0196. The van der Waals surface area contributed by atoms with E-state index in [1.165, 1.54) is 12.7 Å². The molecule has 9 N–H and O–H groups in total. The molecule has 0 saturated carbocycles. The van der Waals surface area contributed by atoms with Gasteiger partial charge in [-0.1, -0.05) is 6.42 Å². The van der Waals surface area contributed by atoms with E-state index in [9.17, 15) is 28.8 Å². The van der Waals surface area contributed by atoms with Crippen molar-refractivity contribution in [1.82, 2.24) is 69.5 Å². The van der Waals surface area contributed by atoms with Crippen molar-refractivity contribution in [2.75, 3.05) is 202 Å². The third kappa shape index (κ3) is 34.8. The number of aromatic nitrogens is 10. The Hall–Kier alpha value is -10.4. The molecule has 117 heavy (non-hydrogen) atoms. The van der Waals surface area contributed by atoms with Gasteiger partial charge in [-0.15, -0.1) is 24.7 Å². The van der Waals surface area contributed by atoms with Gasteiger partial charge in [-0.2, -0.15) is 20.2 Å². The molecule has 36 nitrogen and oxygen atoms in total. The van der Waals surface area contributed by atoms with Gasteiger partial charge in [0.25, 0.3) is 12.0 Å². The number of nitrogens with one attached hydrogen (secondary N) is 1. The van der Waals surface area contributed by atoms with Crippen LogP contribution in [-0.2, 0) is 89.2 Å². The summed E-state index contributed by atoms with van der Waals surface area (Å²) < 4.78 is 69.6. The van der Waals surface area contributed by atoms with E-state index in [1.54, 1.807) is 48.0 Å². The molecule has 0 aliphatic carbocycles. The summed E-state index contributed by atoms with van der Waals surface area (Å²) in [6, 6.07) is 11.2. The standard InChI is InChI=1S/C41H60N10O9.C40H56N8O9/c1-5-6-7-10-34(52)49(3)17-21-58-26-28-59-27-24-56-20-14-36(54)50(4)18-22-57-25-23-55-19-13-35(53)48(2)15-8-9-16-51-40-37(39(42)44-30-45-40)38(47-51)31-11-12-33-32(29-31)46-41(43)60-33;1-2-3-5-11-35(51)43-16-21-55-25-27-56-26-24-54-20-15-32(50)10-8-18-52-22-23-53-19-14-31(49)9-6-4-7-17-48-39-36(38(41)44-29-45-39)37(47-48)30-12-13-34-33(28-30)46-40(42)57-34/h1,11-12,29-30H,6-10,13-28H2,2-4H3,(H2,43,46)(H2,42,44,45);1,12-13,28-29H,3-11,14-27H2,(H2,42,46)(H,43,51)(H2,41,44,45). The number of hydrogen-bond acceptors (Lipinski definition) is 30. The number of likely N-dealkylation sites (N-methyl/N-ethyl adjacent to an activating group) is 2. The van der Waals surface area contributed by atoms with Crippen LogP contribution in [0, 0.1) is 24.7 Å². The lowest BCUT2D eigenvalue weighted by atomic mass is 10.1. The normalized spacial score (nSPS) is 11.3. The molecule has 36 heteroatoms. The molecule has 0 bridgehead atoms. The van der Waals surface area contributed by atoms with Gasteiger partial charge in [0.2, 0.25) is 23.6 Å². The summed E-state index contributed by atoms with van der Waals surface area (Å²) in [7, 11) is 5.26. The number of nitrogen functional groups attached to an aromatic ring is 4. The molecule has 0 unspecified atom stereocenters. The van der Waals surface area contributed by atoms with Crippen LogP contribution < -0.4 is 28.3 Å². The summed E-state index contributed by atoms with van der Waals surface area (Å²) in [5.41, 5.74) is 30.5. The number of oxazole rings is 2. The number of hydrogen-bond donors (Lipinski definition) is 5. The van der Waals surface area contributed by atoms with Gasteiger partial charge < -0.3 is 99.2 Å². The van der Waals surface area contributed by atoms with E-state index in [-0.39, 0.29) is 66.7 Å². The number of nitrogens with zero attached hydrogens (tertiary/aromatic N) is 13. The van der Waals surface area contributed by atoms with Crippen molar-refractivity contribution in [3.63, 3.8) is 0 Å². The number of ketones is 2. The summed E-state index contributed by atoms with van der Waals surface area (Å²) >= 11 is 0.